The molecule has 0 N–H and O–H groups in total. The van der Waals surface area contributed by atoms with Gasteiger partial charge in [0.05, 0.1) is 7.11 Å². The minimum atomic E-state index is -0.566. The number of ketones is 2. The lowest BCUT2D eigenvalue weighted by molar-refractivity contribution is -0.123. The number of rotatable bonds is 4. The van der Waals surface area contributed by atoms with Crippen molar-refractivity contribution in [3.63, 3.8) is 0 Å². The molecule has 5 rings (SSSR count). The Morgan fingerprint density at radius 1 is 0.742 bits per heavy atom. The van der Waals surface area contributed by atoms with Crippen molar-refractivity contribution >= 4 is 22.3 Å². The molecule has 2 aliphatic carbocycles. The third kappa shape index (κ3) is 3.78. The summed E-state index contributed by atoms with van der Waals surface area (Å²) in [4.78, 5) is 24.3. The molecule has 0 heterocycles. The molecule has 0 unspecified atom stereocenters. The monoisotopic (exact) mass is 412 g/mol. The predicted molar refractivity (Wildman–Crippen MR) is 124 cm³/mol. The van der Waals surface area contributed by atoms with Gasteiger partial charge in [0.2, 0.25) is 0 Å². The summed E-state index contributed by atoms with van der Waals surface area (Å²) in [6.07, 6.45) is 7.15. The van der Waals surface area contributed by atoms with Crippen LogP contribution in [0.25, 0.3) is 21.9 Å². The van der Waals surface area contributed by atoms with E-state index in [1.165, 1.54) is 48.8 Å². The lowest BCUT2D eigenvalue weighted by atomic mass is 9.82. The highest BCUT2D eigenvalue weighted by atomic mass is 16.5. The Labute approximate surface area is 183 Å². The van der Waals surface area contributed by atoms with E-state index in [2.05, 4.69) is 36.4 Å². The van der Waals surface area contributed by atoms with E-state index in [1.807, 2.05) is 18.2 Å². The van der Waals surface area contributed by atoms with Gasteiger partial charge in [0.25, 0.3) is 0 Å². The fourth-order valence-electron chi connectivity index (χ4n) is 5.36. The van der Waals surface area contributed by atoms with Gasteiger partial charge in [-0.1, -0.05) is 49.6 Å². The normalized spacial score (nSPS) is 18.1. The first-order valence-electron chi connectivity index (χ1n) is 11.4. The summed E-state index contributed by atoms with van der Waals surface area (Å²) in [7, 11) is 1.76. The lowest BCUT2D eigenvalue weighted by Crippen LogP contribution is -2.11. The zero-order valence-corrected chi connectivity index (χ0v) is 18.0. The molecule has 2 fully saturated rings. The molecule has 0 amide bonds. The Kier molecular flexibility index (Phi) is 5.35. The van der Waals surface area contributed by atoms with Gasteiger partial charge in [-0.25, -0.2) is 0 Å². The molecule has 0 atom stereocenters. The van der Waals surface area contributed by atoms with Crippen molar-refractivity contribution in [3.8, 4) is 16.9 Å². The fourth-order valence-corrected chi connectivity index (χ4v) is 5.36. The quantitative estimate of drug-likeness (QED) is 0.455. The number of carbonyl (C=O) groups is 2. The van der Waals surface area contributed by atoms with Crippen molar-refractivity contribution < 1.29 is 14.3 Å². The van der Waals surface area contributed by atoms with Gasteiger partial charge in [-0.2, -0.15) is 0 Å². The van der Waals surface area contributed by atoms with Crippen LogP contribution < -0.4 is 4.74 Å². The molecule has 2 saturated carbocycles. The van der Waals surface area contributed by atoms with E-state index in [-0.39, 0.29) is 11.6 Å². The maximum atomic E-state index is 12.1. The van der Waals surface area contributed by atoms with Crippen molar-refractivity contribution in [1.29, 1.82) is 0 Å². The van der Waals surface area contributed by atoms with Crippen LogP contribution in [0.5, 0.6) is 5.75 Å². The molecular weight excluding hydrogens is 384 g/mol. The summed E-state index contributed by atoms with van der Waals surface area (Å²) >= 11 is 0. The van der Waals surface area contributed by atoms with Gasteiger partial charge in [-0.3, -0.25) is 9.59 Å². The highest BCUT2D eigenvalue weighted by Crippen LogP contribution is 2.40. The zero-order chi connectivity index (χ0) is 21.4. The summed E-state index contributed by atoms with van der Waals surface area (Å²) in [5.74, 6) is 1.10. The largest absolute Gasteiger partial charge is 0.496 e. The van der Waals surface area contributed by atoms with Crippen LogP contribution in [0, 0.1) is 0 Å². The van der Waals surface area contributed by atoms with Crippen LogP contribution in [0.3, 0.4) is 0 Å². The number of methoxy groups -OCH3 is 1. The number of benzene rings is 3. The van der Waals surface area contributed by atoms with E-state index in [9.17, 15) is 9.59 Å². The number of Topliss-reactive ketones (excluding diaryl/α,β-unsaturated/α-hetero) is 2. The molecule has 2 aliphatic rings. The fraction of sp³-hybridized carbons (Fsp3) is 0.357. The van der Waals surface area contributed by atoms with Crippen LogP contribution in [-0.2, 0) is 9.59 Å². The standard InChI is InChI=1S/C28H28O3/c1-31-27-14-11-22(17-24(27)18-5-3-2-4-6-18)20-7-8-21-16-23(10-9-19(21)15-20)28-25(29)12-13-26(28)30/h7-11,14-18,28H,2-6,12-13H2,1H3. The van der Waals surface area contributed by atoms with Gasteiger partial charge in [0, 0.05) is 12.8 Å². The second-order valence-corrected chi connectivity index (χ2v) is 8.98. The maximum absolute atomic E-state index is 12.1. The van der Waals surface area contributed by atoms with E-state index in [0.29, 0.717) is 18.8 Å². The lowest BCUT2D eigenvalue weighted by Gasteiger charge is -2.24. The molecule has 0 radical (unpaired) electrons. The topological polar surface area (TPSA) is 43.4 Å². The second kappa shape index (κ2) is 8.30. The van der Waals surface area contributed by atoms with Crippen molar-refractivity contribution in [2.75, 3.05) is 7.11 Å². The highest BCUT2D eigenvalue weighted by Gasteiger charge is 2.34. The Morgan fingerprint density at radius 2 is 1.39 bits per heavy atom. The SMILES string of the molecule is COc1ccc(-c2ccc3cc(C4C(=O)CCC4=O)ccc3c2)cc1C1CCCCC1. The molecule has 0 spiro atoms. The molecule has 0 aliphatic heterocycles. The van der Waals surface area contributed by atoms with Crippen LogP contribution in [0.15, 0.2) is 54.6 Å². The molecule has 3 aromatic carbocycles. The molecule has 3 nitrogen and oxygen atoms in total. The van der Waals surface area contributed by atoms with Crippen LogP contribution >= 0.6 is 0 Å². The highest BCUT2D eigenvalue weighted by molar-refractivity contribution is 6.13. The first kappa shape index (κ1) is 20.0. The summed E-state index contributed by atoms with van der Waals surface area (Å²) in [5.41, 5.74) is 4.53. The number of fused-ring (bicyclic) bond motifs is 1. The molecule has 0 aromatic heterocycles. The van der Waals surface area contributed by atoms with Crippen molar-refractivity contribution in [2.45, 2.75) is 56.8 Å². The van der Waals surface area contributed by atoms with E-state index in [1.54, 1.807) is 7.11 Å². The minimum Gasteiger partial charge on any atom is -0.496 e. The molecule has 31 heavy (non-hydrogen) atoms. The number of hydrogen-bond donors (Lipinski definition) is 0. The van der Waals surface area contributed by atoms with E-state index in [0.717, 1.165) is 22.1 Å². The average Bonchev–Trinajstić information content (AvgIpc) is 3.16. The minimum absolute atomic E-state index is 0.0504. The molecule has 0 saturated heterocycles. The first-order valence-corrected chi connectivity index (χ1v) is 11.4. The number of carbonyl (C=O) groups excluding carboxylic acids is 2. The van der Waals surface area contributed by atoms with Crippen LogP contribution in [0.1, 0.15) is 67.9 Å². The smallest absolute Gasteiger partial charge is 0.148 e. The third-order valence-corrected chi connectivity index (χ3v) is 7.07. The zero-order valence-electron chi connectivity index (χ0n) is 18.0. The van der Waals surface area contributed by atoms with Gasteiger partial charge in [-0.15, -0.1) is 0 Å². The number of ether oxygens (including phenoxy) is 1. The van der Waals surface area contributed by atoms with Crippen LogP contribution in [-0.4, -0.2) is 18.7 Å². The van der Waals surface area contributed by atoms with Gasteiger partial charge in [-0.05, 0) is 76.1 Å². The van der Waals surface area contributed by atoms with Crippen LogP contribution in [0.2, 0.25) is 0 Å². The Balaban J connectivity index is 1.49. The van der Waals surface area contributed by atoms with E-state index >= 15 is 0 Å². The van der Waals surface area contributed by atoms with Gasteiger partial charge >= 0.3 is 0 Å². The Morgan fingerprint density at radius 3 is 2.13 bits per heavy atom. The molecule has 3 aromatic rings. The Hall–Kier alpha value is -2.94. The van der Waals surface area contributed by atoms with Gasteiger partial charge < -0.3 is 4.74 Å². The second-order valence-electron chi connectivity index (χ2n) is 8.98. The maximum Gasteiger partial charge on any atom is 0.148 e. The summed E-state index contributed by atoms with van der Waals surface area (Å²) < 4.78 is 5.68. The third-order valence-electron chi connectivity index (χ3n) is 7.07. The Bertz CT molecular complexity index is 1140. The average molecular weight is 413 g/mol. The molecule has 158 valence electrons. The van der Waals surface area contributed by atoms with E-state index in [4.69, 9.17) is 4.74 Å². The molecular formula is C28H28O3. The molecule has 0 bridgehead atoms. The summed E-state index contributed by atoms with van der Waals surface area (Å²) in [6.45, 7) is 0. The number of hydrogen-bond acceptors (Lipinski definition) is 3. The van der Waals surface area contributed by atoms with Crippen molar-refractivity contribution in [2.24, 2.45) is 0 Å². The molecule has 3 heteroatoms. The summed E-state index contributed by atoms with van der Waals surface area (Å²) in [5, 5.41) is 2.18. The van der Waals surface area contributed by atoms with Crippen molar-refractivity contribution in [1.82, 2.24) is 0 Å². The van der Waals surface area contributed by atoms with Crippen molar-refractivity contribution in [3.05, 3.63) is 65.7 Å². The first-order chi connectivity index (χ1) is 15.1. The summed E-state index contributed by atoms with van der Waals surface area (Å²) in [6, 6.07) is 19.0. The van der Waals surface area contributed by atoms with Gasteiger partial charge in [0.15, 0.2) is 0 Å². The predicted octanol–water partition coefficient (Wildman–Crippen LogP) is 6.58. The van der Waals surface area contributed by atoms with Gasteiger partial charge in [0.1, 0.15) is 23.2 Å². The van der Waals surface area contributed by atoms with E-state index < -0.39 is 5.92 Å². The van der Waals surface area contributed by atoms with Crippen LogP contribution in [0.4, 0.5) is 0 Å².